The first-order valence-electron chi connectivity index (χ1n) is 9.65. The second kappa shape index (κ2) is 8.78. The standard InChI is InChI=1S/C21H27ClN4O2/c1-14(2)20-23-15(3)13-19(24-20)25-9-11-26(12-10-25)21(27)16(4)28-18-7-5-17(22)6-8-18/h5-8,13-14,16H,9-12H2,1-4H3/t16-/m1/s1. The van der Waals surface area contributed by atoms with E-state index in [0.717, 1.165) is 30.4 Å². The molecule has 0 bridgehead atoms. The molecule has 1 amide bonds. The Balaban J connectivity index is 1.58. The molecule has 7 heteroatoms. The summed E-state index contributed by atoms with van der Waals surface area (Å²) in [5.41, 5.74) is 0.970. The van der Waals surface area contributed by atoms with Gasteiger partial charge in [0.1, 0.15) is 17.4 Å². The van der Waals surface area contributed by atoms with E-state index in [1.165, 1.54) is 0 Å². The Morgan fingerprint density at radius 1 is 1.07 bits per heavy atom. The number of benzene rings is 1. The molecule has 0 radical (unpaired) electrons. The highest BCUT2D eigenvalue weighted by atomic mass is 35.5. The zero-order chi connectivity index (χ0) is 20.3. The molecule has 0 saturated carbocycles. The molecule has 1 atom stereocenters. The highest BCUT2D eigenvalue weighted by molar-refractivity contribution is 6.30. The number of carbonyl (C=O) groups excluding carboxylic acids is 1. The van der Waals surface area contributed by atoms with Gasteiger partial charge in [-0.2, -0.15) is 0 Å². The molecule has 1 aliphatic heterocycles. The minimum absolute atomic E-state index is 0.00339. The molecule has 6 nitrogen and oxygen atoms in total. The fourth-order valence-electron chi connectivity index (χ4n) is 3.18. The first-order chi connectivity index (χ1) is 13.3. The molecule has 1 aliphatic rings. The summed E-state index contributed by atoms with van der Waals surface area (Å²) in [6.45, 7) is 10.7. The summed E-state index contributed by atoms with van der Waals surface area (Å²) in [5.74, 6) is 2.72. The number of halogens is 1. The molecule has 150 valence electrons. The smallest absolute Gasteiger partial charge is 0.263 e. The lowest BCUT2D eigenvalue weighted by molar-refractivity contribution is -0.138. The lowest BCUT2D eigenvalue weighted by atomic mass is 10.2. The highest BCUT2D eigenvalue weighted by Gasteiger charge is 2.27. The zero-order valence-corrected chi connectivity index (χ0v) is 17.6. The second-order valence-corrected chi connectivity index (χ2v) is 7.84. The number of amides is 1. The Morgan fingerprint density at radius 3 is 2.32 bits per heavy atom. The van der Waals surface area contributed by atoms with E-state index >= 15 is 0 Å². The van der Waals surface area contributed by atoms with Crippen LogP contribution >= 0.6 is 11.6 Å². The van der Waals surface area contributed by atoms with E-state index in [2.05, 4.69) is 23.7 Å². The minimum Gasteiger partial charge on any atom is -0.481 e. The first kappa shape index (κ1) is 20.4. The number of carbonyl (C=O) groups is 1. The van der Waals surface area contributed by atoms with Crippen molar-refractivity contribution < 1.29 is 9.53 Å². The largest absolute Gasteiger partial charge is 0.481 e. The van der Waals surface area contributed by atoms with Gasteiger partial charge in [-0.25, -0.2) is 9.97 Å². The maximum Gasteiger partial charge on any atom is 0.263 e. The van der Waals surface area contributed by atoms with Crippen molar-refractivity contribution in [2.24, 2.45) is 0 Å². The monoisotopic (exact) mass is 402 g/mol. The zero-order valence-electron chi connectivity index (χ0n) is 16.9. The Kier molecular flexibility index (Phi) is 6.39. The van der Waals surface area contributed by atoms with Crippen molar-refractivity contribution in [2.75, 3.05) is 31.1 Å². The average molecular weight is 403 g/mol. The van der Waals surface area contributed by atoms with Crippen LogP contribution in [-0.2, 0) is 4.79 Å². The Bertz CT molecular complexity index is 818. The summed E-state index contributed by atoms with van der Waals surface area (Å²) < 4.78 is 5.77. The first-order valence-corrected chi connectivity index (χ1v) is 10.0. The Labute approximate surface area is 171 Å². The molecule has 0 unspecified atom stereocenters. The number of hydrogen-bond donors (Lipinski definition) is 0. The van der Waals surface area contributed by atoms with Gasteiger partial charge in [-0.15, -0.1) is 0 Å². The number of anilines is 1. The molecular weight excluding hydrogens is 376 g/mol. The maximum absolute atomic E-state index is 12.7. The van der Waals surface area contributed by atoms with Crippen LogP contribution in [0.1, 0.15) is 38.2 Å². The normalized spacial score (nSPS) is 15.6. The lowest BCUT2D eigenvalue weighted by Crippen LogP contribution is -2.52. The molecule has 0 N–H and O–H groups in total. The molecule has 1 aromatic carbocycles. The molecular formula is C21H27ClN4O2. The van der Waals surface area contributed by atoms with Crippen LogP contribution in [0.5, 0.6) is 5.75 Å². The number of nitrogens with zero attached hydrogens (tertiary/aromatic N) is 4. The Hall–Kier alpha value is -2.34. The number of rotatable bonds is 5. The maximum atomic E-state index is 12.7. The molecule has 0 aliphatic carbocycles. The molecule has 3 rings (SSSR count). The van der Waals surface area contributed by atoms with Gasteiger partial charge in [-0.3, -0.25) is 4.79 Å². The van der Waals surface area contributed by atoms with Crippen molar-refractivity contribution in [3.63, 3.8) is 0 Å². The molecule has 0 spiro atoms. The Morgan fingerprint density at radius 2 is 1.71 bits per heavy atom. The van der Waals surface area contributed by atoms with Gasteiger partial charge in [0.2, 0.25) is 0 Å². The van der Waals surface area contributed by atoms with E-state index < -0.39 is 6.10 Å². The molecule has 2 heterocycles. The van der Waals surface area contributed by atoms with Gasteiger partial charge < -0.3 is 14.5 Å². The number of piperazine rings is 1. The van der Waals surface area contributed by atoms with Gasteiger partial charge in [0.25, 0.3) is 5.91 Å². The summed E-state index contributed by atoms with van der Waals surface area (Å²) in [7, 11) is 0. The molecule has 28 heavy (non-hydrogen) atoms. The number of aromatic nitrogens is 2. The molecule has 1 fully saturated rings. The van der Waals surface area contributed by atoms with Gasteiger partial charge >= 0.3 is 0 Å². The van der Waals surface area contributed by atoms with E-state index in [1.807, 2.05) is 17.9 Å². The van der Waals surface area contributed by atoms with E-state index in [1.54, 1.807) is 31.2 Å². The fourth-order valence-corrected chi connectivity index (χ4v) is 3.30. The van der Waals surface area contributed by atoms with E-state index in [-0.39, 0.29) is 11.8 Å². The van der Waals surface area contributed by atoms with Crippen LogP contribution in [0.25, 0.3) is 0 Å². The summed E-state index contributed by atoms with van der Waals surface area (Å²) in [6.07, 6.45) is -0.540. The summed E-state index contributed by atoms with van der Waals surface area (Å²) >= 11 is 5.89. The third kappa shape index (κ3) is 4.93. The highest BCUT2D eigenvalue weighted by Crippen LogP contribution is 2.20. The van der Waals surface area contributed by atoms with Crippen molar-refractivity contribution in [3.05, 3.63) is 46.9 Å². The topological polar surface area (TPSA) is 58.6 Å². The summed E-state index contributed by atoms with van der Waals surface area (Å²) in [6, 6.07) is 9.06. The molecule has 1 saturated heterocycles. The van der Waals surface area contributed by atoms with Crippen molar-refractivity contribution >= 4 is 23.3 Å². The van der Waals surface area contributed by atoms with Crippen LogP contribution in [0.15, 0.2) is 30.3 Å². The van der Waals surface area contributed by atoms with Crippen molar-refractivity contribution in [1.29, 1.82) is 0 Å². The van der Waals surface area contributed by atoms with Crippen LogP contribution in [0.3, 0.4) is 0 Å². The van der Waals surface area contributed by atoms with Gasteiger partial charge in [0.05, 0.1) is 0 Å². The average Bonchev–Trinajstić information content (AvgIpc) is 2.68. The van der Waals surface area contributed by atoms with Crippen molar-refractivity contribution in [2.45, 2.75) is 39.7 Å². The summed E-state index contributed by atoms with van der Waals surface area (Å²) in [4.78, 5) is 26.0. The number of aryl methyl sites for hydroxylation is 1. The lowest BCUT2D eigenvalue weighted by Gasteiger charge is -2.36. The number of hydrogen-bond acceptors (Lipinski definition) is 5. The summed E-state index contributed by atoms with van der Waals surface area (Å²) in [5, 5.41) is 0.642. The number of ether oxygens (including phenoxy) is 1. The second-order valence-electron chi connectivity index (χ2n) is 7.41. The van der Waals surface area contributed by atoms with Gasteiger partial charge in [-0.05, 0) is 38.1 Å². The van der Waals surface area contributed by atoms with Gasteiger partial charge in [-0.1, -0.05) is 25.4 Å². The fraction of sp³-hybridized carbons (Fsp3) is 0.476. The van der Waals surface area contributed by atoms with Crippen LogP contribution < -0.4 is 9.64 Å². The van der Waals surface area contributed by atoms with E-state index in [0.29, 0.717) is 23.9 Å². The minimum atomic E-state index is -0.540. The van der Waals surface area contributed by atoms with Crippen LogP contribution in [0, 0.1) is 6.92 Å². The van der Waals surface area contributed by atoms with Gasteiger partial charge in [0, 0.05) is 48.9 Å². The molecule has 1 aromatic heterocycles. The SMILES string of the molecule is Cc1cc(N2CCN(C(=O)[C@@H](C)Oc3ccc(Cl)cc3)CC2)nc(C(C)C)n1. The van der Waals surface area contributed by atoms with Crippen LogP contribution in [-0.4, -0.2) is 53.1 Å². The van der Waals surface area contributed by atoms with Gasteiger partial charge in [0.15, 0.2) is 6.10 Å². The van der Waals surface area contributed by atoms with Crippen LogP contribution in [0.4, 0.5) is 5.82 Å². The van der Waals surface area contributed by atoms with E-state index in [4.69, 9.17) is 21.3 Å². The van der Waals surface area contributed by atoms with Crippen LogP contribution in [0.2, 0.25) is 5.02 Å². The van der Waals surface area contributed by atoms with Crippen molar-refractivity contribution in [1.82, 2.24) is 14.9 Å². The van der Waals surface area contributed by atoms with E-state index in [9.17, 15) is 4.79 Å². The third-order valence-electron chi connectivity index (χ3n) is 4.76. The quantitative estimate of drug-likeness (QED) is 0.763. The van der Waals surface area contributed by atoms with Crippen molar-refractivity contribution in [3.8, 4) is 5.75 Å². The third-order valence-corrected chi connectivity index (χ3v) is 5.02. The predicted molar refractivity (Wildman–Crippen MR) is 111 cm³/mol. The predicted octanol–water partition coefficient (Wildman–Crippen LogP) is 3.68. The molecule has 2 aromatic rings.